The maximum absolute atomic E-state index is 4.21. The zero-order chi connectivity index (χ0) is 9.31. The molecule has 13 heavy (non-hydrogen) atoms. The maximum atomic E-state index is 4.21. The topological polar surface area (TPSA) is 42.7 Å². The monoisotopic (exact) mass is 180 g/mol. The highest BCUT2D eigenvalue weighted by molar-refractivity contribution is 5.11. The molecule has 0 bridgehead atoms. The Balaban J connectivity index is 2.36. The van der Waals surface area contributed by atoms with Gasteiger partial charge in [-0.2, -0.15) is 0 Å². The average molecular weight is 180 g/mol. The molecule has 1 unspecified atom stereocenters. The van der Waals surface area contributed by atoms with Gasteiger partial charge in [-0.15, -0.1) is 10.2 Å². The number of hydrogen-bond acceptors (Lipinski definition) is 3. The van der Waals surface area contributed by atoms with Crippen LogP contribution in [0.4, 0.5) is 0 Å². The van der Waals surface area contributed by atoms with Crippen LogP contribution in [0.1, 0.15) is 25.6 Å². The van der Waals surface area contributed by atoms with Crippen molar-refractivity contribution in [3.8, 4) is 0 Å². The molecular formula is C9H16N4. The second-order valence-electron chi connectivity index (χ2n) is 3.83. The Hall–Kier alpha value is -0.900. The Morgan fingerprint density at radius 3 is 3.00 bits per heavy atom. The standard InChI is InChI=1S/C9H16N4/c1-3-9(4-5-10-6-9)8-12-11-7-13(8)2/h7,10H,3-6H2,1-2H3. The Morgan fingerprint density at radius 2 is 2.54 bits per heavy atom. The number of nitrogens with zero attached hydrogens (tertiary/aromatic N) is 3. The van der Waals surface area contributed by atoms with E-state index in [1.165, 1.54) is 6.42 Å². The first-order valence-electron chi connectivity index (χ1n) is 4.84. The average Bonchev–Trinajstić information content (AvgIpc) is 2.73. The summed E-state index contributed by atoms with van der Waals surface area (Å²) in [5.41, 5.74) is 0.227. The Bertz CT molecular complexity index is 286. The SMILES string of the molecule is CCC1(c2nncn2C)CCNC1. The van der Waals surface area contributed by atoms with E-state index in [4.69, 9.17) is 0 Å². The maximum Gasteiger partial charge on any atom is 0.140 e. The van der Waals surface area contributed by atoms with E-state index in [0.717, 1.165) is 25.3 Å². The van der Waals surface area contributed by atoms with Gasteiger partial charge in [0.2, 0.25) is 0 Å². The van der Waals surface area contributed by atoms with Crippen LogP contribution in [-0.4, -0.2) is 27.9 Å². The Labute approximate surface area is 78.4 Å². The summed E-state index contributed by atoms with van der Waals surface area (Å²) in [4.78, 5) is 0. The smallest absolute Gasteiger partial charge is 0.140 e. The van der Waals surface area contributed by atoms with Crippen molar-refractivity contribution in [3.63, 3.8) is 0 Å². The fourth-order valence-corrected chi connectivity index (χ4v) is 2.16. The summed E-state index contributed by atoms with van der Waals surface area (Å²) in [6.07, 6.45) is 4.09. The van der Waals surface area contributed by atoms with E-state index in [2.05, 4.69) is 22.4 Å². The molecule has 4 heteroatoms. The third-order valence-electron chi connectivity index (χ3n) is 3.11. The van der Waals surface area contributed by atoms with E-state index < -0.39 is 0 Å². The summed E-state index contributed by atoms with van der Waals surface area (Å²) in [5.74, 6) is 1.12. The van der Waals surface area contributed by atoms with E-state index in [0.29, 0.717) is 0 Å². The molecule has 0 spiro atoms. The van der Waals surface area contributed by atoms with E-state index in [-0.39, 0.29) is 5.41 Å². The predicted octanol–water partition coefficient (Wildman–Crippen LogP) is 0.456. The molecule has 72 valence electrons. The molecule has 1 aromatic heterocycles. The molecule has 1 fully saturated rings. The lowest BCUT2D eigenvalue weighted by Gasteiger charge is -2.24. The van der Waals surface area contributed by atoms with Gasteiger partial charge in [-0.25, -0.2) is 0 Å². The summed E-state index contributed by atoms with van der Waals surface area (Å²) in [5, 5.41) is 11.6. The zero-order valence-corrected chi connectivity index (χ0v) is 8.25. The first-order valence-corrected chi connectivity index (χ1v) is 4.84. The quantitative estimate of drug-likeness (QED) is 0.719. The van der Waals surface area contributed by atoms with Crippen LogP contribution >= 0.6 is 0 Å². The third-order valence-corrected chi connectivity index (χ3v) is 3.11. The van der Waals surface area contributed by atoms with Gasteiger partial charge < -0.3 is 9.88 Å². The molecule has 0 amide bonds. The Kier molecular flexibility index (Phi) is 2.07. The van der Waals surface area contributed by atoms with Gasteiger partial charge in [0.1, 0.15) is 12.2 Å². The number of aryl methyl sites for hydroxylation is 1. The van der Waals surface area contributed by atoms with E-state index >= 15 is 0 Å². The molecule has 0 saturated carbocycles. The number of hydrogen-bond donors (Lipinski definition) is 1. The minimum Gasteiger partial charge on any atom is -0.320 e. The largest absolute Gasteiger partial charge is 0.320 e. The molecule has 2 rings (SSSR count). The number of aromatic nitrogens is 3. The molecular weight excluding hydrogens is 164 g/mol. The van der Waals surface area contributed by atoms with E-state index in [9.17, 15) is 0 Å². The van der Waals surface area contributed by atoms with Gasteiger partial charge in [-0.05, 0) is 19.4 Å². The molecule has 1 aromatic rings. The van der Waals surface area contributed by atoms with Crippen LogP contribution < -0.4 is 5.32 Å². The van der Waals surface area contributed by atoms with Gasteiger partial charge in [-0.1, -0.05) is 6.92 Å². The number of nitrogens with one attached hydrogen (secondary N) is 1. The lowest BCUT2D eigenvalue weighted by molar-refractivity contribution is 0.411. The number of rotatable bonds is 2. The fraction of sp³-hybridized carbons (Fsp3) is 0.778. The Morgan fingerprint density at radius 1 is 1.69 bits per heavy atom. The van der Waals surface area contributed by atoms with Crippen LogP contribution in [0.15, 0.2) is 6.33 Å². The summed E-state index contributed by atoms with van der Waals surface area (Å²) < 4.78 is 2.04. The molecule has 1 aliphatic rings. The second-order valence-corrected chi connectivity index (χ2v) is 3.83. The molecule has 0 radical (unpaired) electrons. The van der Waals surface area contributed by atoms with Gasteiger partial charge >= 0.3 is 0 Å². The lowest BCUT2D eigenvalue weighted by atomic mass is 9.83. The van der Waals surface area contributed by atoms with Crippen molar-refractivity contribution in [2.45, 2.75) is 25.2 Å². The van der Waals surface area contributed by atoms with E-state index in [1.54, 1.807) is 6.33 Å². The first kappa shape index (κ1) is 8.69. The van der Waals surface area contributed by atoms with Crippen LogP contribution in [0.25, 0.3) is 0 Å². The highest BCUT2D eigenvalue weighted by Crippen LogP contribution is 2.31. The zero-order valence-electron chi connectivity index (χ0n) is 8.25. The van der Waals surface area contributed by atoms with Crippen molar-refractivity contribution >= 4 is 0 Å². The van der Waals surface area contributed by atoms with Crippen molar-refractivity contribution in [2.75, 3.05) is 13.1 Å². The highest BCUT2D eigenvalue weighted by atomic mass is 15.3. The lowest BCUT2D eigenvalue weighted by Crippen LogP contribution is -2.31. The van der Waals surface area contributed by atoms with Gasteiger partial charge in [0.15, 0.2) is 0 Å². The third kappa shape index (κ3) is 1.25. The summed E-state index contributed by atoms with van der Waals surface area (Å²) >= 11 is 0. The summed E-state index contributed by atoms with van der Waals surface area (Å²) in [6, 6.07) is 0. The fourth-order valence-electron chi connectivity index (χ4n) is 2.16. The first-order chi connectivity index (χ1) is 6.28. The van der Waals surface area contributed by atoms with Crippen LogP contribution in [0.2, 0.25) is 0 Å². The molecule has 0 aromatic carbocycles. The van der Waals surface area contributed by atoms with Crippen LogP contribution in [0, 0.1) is 0 Å². The molecule has 4 nitrogen and oxygen atoms in total. The van der Waals surface area contributed by atoms with Gasteiger partial charge in [-0.3, -0.25) is 0 Å². The molecule has 0 aliphatic carbocycles. The van der Waals surface area contributed by atoms with Crippen molar-refractivity contribution in [1.29, 1.82) is 0 Å². The minimum atomic E-state index is 0.227. The van der Waals surface area contributed by atoms with Crippen LogP contribution in [0.3, 0.4) is 0 Å². The summed E-state index contributed by atoms with van der Waals surface area (Å²) in [6.45, 7) is 4.36. The minimum absolute atomic E-state index is 0.227. The second kappa shape index (κ2) is 3.10. The van der Waals surface area contributed by atoms with Crippen molar-refractivity contribution in [3.05, 3.63) is 12.2 Å². The predicted molar refractivity (Wildman–Crippen MR) is 50.5 cm³/mol. The highest BCUT2D eigenvalue weighted by Gasteiger charge is 2.37. The molecule has 1 atom stereocenters. The van der Waals surface area contributed by atoms with Crippen molar-refractivity contribution in [1.82, 2.24) is 20.1 Å². The van der Waals surface area contributed by atoms with Crippen LogP contribution in [-0.2, 0) is 12.5 Å². The van der Waals surface area contributed by atoms with Crippen molar-refractivity contribution < 1.29 is 0 Å². The molecule has 1 N–H and O–H groups in total. The van der Waals surface area contributed by atoms with E-state index in [1.807, 2.05) is 11.6 Å². The van der Waals surface area contributed by atoms with Crippen molar-refractivity contribution in [2.24, 2.45) is 7.05 Å². The van der Waals surface area contributed by atoms with Gasteiger partial charge in [0, 0.05) is 19.0 Å². The summed E-state index contributed by atoms with van der Waals surface area (Å²) in [7, 11) is 2.02. The van der Waals surface area contributed by atoms with Gasteiger partial charge in [0.05, 0.1) is 0 Å². The molecule has 2 heterocycles. The normalized spacial score (nSPS) is 28.2. The van der Waals surface area contributed by atoms with Crippen LogP contribution in [0.5, 0.6) is 0 Å². The molecule has 1 saturated heterocycles. The molecule has 1 aliphatic heterocycles. The van der Waals surface area contributed by atoms with Gasteiger partial charge in [0.25, 0.3) is 0 Å².